The third-order valence-corrected chi connectivity index (χ3v) is 5.69. The molecule has 25 heavy (non-hydrogen) atoms. The van der Waals surface area contributed by atoms with Crippen molar-refractivity contribution in [1.82, 2.24) is 4.90 Å². The van der Waals surface area contributed by atoms with Gasteiger partial charge in [-0.25, -0.2) is 0 Å². The highest BCUT2D eigenvalue weighted by Crippen LogP contribution is 2.35. The number of carbonyl (C=O) groups excluding carboxylic acids is 1. The number of amides is 1. The number of rotatable bonds is 4. The number of anilines is 1. The predicted octanol–water partition coefficient (Wildman–Crippen LogP) is 2.47. The number of nitrogens with two attached hydrogens (primary N) is 1. The molecular formula is C21H25N3O. The van der Waals surface area contributed by atoms with Crippen molar-refractivity contribution in [2.45, 2.75) is 18.4 Å². The molecule has 2 heterocycles. The predicted molar refractivity (Wildman–Crippen MR) is 101 cm³/mol. The average Bonchev–Trinajstić information content (AvgIpc) is 3.26. The van der Waals surface area contributed by atoms with Crippen molar-refractivity contribution in [3.05, 3.63) is 66.2 Å². The first-order valence-electron chi connectivity index (χ1n) is 9.13. The molecule has 130 valence electrons. The molecule has 0 spiro atoms. The molecule has 2 aromatic carbocycles. The lowest BCUT2D eigenvalue weighted by Gasteiger charge is -2.23. The molecule has 2 saturated heterocycles. The maximum atomic E-state index is 13.0. The van der Waals surface area contributed by atoms with Crippen molar-refractivity contribution >= 4 is 11.6 Å². The molecule has 0 radical (unpaired) electrons. The normalized spacial score (nSPS) is 27.2. The van der Waals surface area contributed by atoms with Crippen LogP contribution in [0.3, 0.4) is 0 Å². The van der Waals surface area contributed by atoms with Crippen LogP contribution >= 0.6 is 0 Å². The lowest BCUT2D eigenvalue weighted by molar-refractivity contribution is -0.121. The van der Waals surface area contributed by atoms with E-state index in [1.807, 2.05) is 41.3 Å². The standard InChI is InChI=1S/C21H25N3O/c22-13-17-14-23(15-19(17)16-7-3-1-4-8-16)20-11-12-24(21(20)25)18-9-5-2-6-10-18/h1-10,17,19-20H,11-15,22H2/t17-,19+,20?/m1/s1. The fraction of sp³-hybridized carbons (Fsp3) is 0.381. The lowest BCUT2D eigenvalue weighted by atomic mass is 9.89. The highest BCUT2D eigenvalue weighted by atomic mass is 16.2. The van der Waals surface area contributed by atoms with Crippen molar-refractivity contribution in [3.8, 4) is 0 Å². The van der Waals surface area contributed by atoms with E-state index in [4.69, 9.17) is 5.73 Å². The minimum atomic E-state index is -0.0111. The SMILES string of the molecule is NC[C@@H]1CN(C2CCN(c3ccccc3)C2=O)C[C@H]1c1ccccc1. The molecule has 1 unspecified atom stereocenters. The van der Waals surface area contributed by atoms with Crippen LogP contribution < -0.4 is 10.6 Å². The Morgan fingerprint density at radius 2 is 1.64 bits per heavy atom. The minimum Gasteiger partial charge on any atom is -0.330 e. The summed E-state index contributed by atoms with van der Waals surface area (Å²) in [5.74, 6) is 1.07. The molecule has 2 aliphatic heterocycles. The maximum Gasteiger partial charge on any atom is 0.244 e. The molecule has 1 amide bonds. The van der Waals surface area contributed by atoms with Gasteiger partial charge >= 0.3 is 0 Å². The van der Waals surface area contributed by atoms with Crippen LogP contribution in [0.25, 0.3) is 0 Å². The average molecular weight is 335 g/mol. The zero-order valence-electron chi connectivity index (χ0n) is 14.4. The zero-order chi connectivity index (χ0) is 17.2. The van der Waals surface area contributed by atoms with Crippen LogP contribution in [-0.4, -0.2) is 43.0 Å². The first-order chi connectivity index (χ1) is 12.3. The Labute approximate surface area is 149 Å². The van der Waals surface area contributed by atoms with Gasteiger partial charge in [0.2, 0.25) is 5.91 Å². The molecule has 2 fully saturated rings. The zero-order valence-corrected chi connectivity index (χ0v) is 14.4. The van der Waals surface area contributed by atoms with E-state index in [-0.39, 0.29) is 11.9 Å². The Morgan fingerprint density at radius 1 is 0.960 bits per heavy atom. The first kappa shape index (κ1) is 16.3. The molecule has 0 saturated carbocycles. The van der Waals surface area contributed by atoms with Crippen LogP contribution in [0.4, 0.5) is 5.69 Å². The monoisotopic (exact) mass is 335 g/mol. The van der Waals surface area contributed by atoms with E-state index in [0.29, 0.717) is 18.4 Å². The number of para-hydroxylation sites is 1. The van der Waals surface area contributed by atoms with Crippen molar-refractivity contribution in [1.29, 1.82) is 0 Å². The van der Waals surface area contributed by atoms with E-state index in [0.717, 1.165) is 31.7 Å². The van der Waals surface area contributed by atoms with Gasteiger partial charge in [-0.3, -0.25) is 9.69 Å². The first-order valence-corrected chi connectivity index (χ1v) is 9.13. The third-order valence-electron chi connectivity index (χ3n) is 5.69. The molecule has 3 atom stereocenters. The third kappa shape index (κ3) is 3.08. The van der Waals surface area contributed by atoms with Crippen molar-refractivity contribution in [3.63, 3.8) is 0 Å². The summed E-state index contributed by atoms with van der Waals surface area (Å²) in [6.45, 7) is 3.30. The van der Waals surface area contributed by atoms with Gasteiger partial charge < -0.3 is 10.6 Å². The van der Waals surface area contributed by atoms with Crippen molar-refractivity contribution in [2.75, 3.05) is 31.1 Å². The quantitative estimate of drug-likeness (QED) is 0.934. The summed E-state index contributed by atoms with van der Waals surface area (Å²) >= 11 is 0. The van der Waals surface area contributed by atoms with Crippen LogP contribution in [0, 0.1) is 5.92 Å². The van der Waals surface area contributed by atoms with Gasteiger partial charge in [0.15, 0.2) is 0 Å². The van der Waals surface area contributed by atoms with Crippen LogP contribution in [0.2, 0.25) is 0 Å². The summed E-state index contributed by atoms with van der Waals surface area (Å²) in [4.78, 5) is 17.3. The molecular weight excluding hydrogens is 310 g/mol. The highest BCUT2D eigenvalue weighted by molar-refractivity contribution is 5.99. The van der Waals surface area contributed by atoms with Gasteiger partial charge in [0.25, 0.3) is 0 Å². The molecule has 0 aromatic heterocycles. The van der Waals surface area contributed by atoms with Gasteiger partial charge in [-0.05, 0) is 36.6 Å². The van der Waals surface area contributed by atoms with E-state index in [1.165, 1.54) is 5.56 Å². The molecule has 0 bridgehead atoms. The van der Waals surface area contributed by atoms with Crippen LogP contribution in [-0.2, 0) is 4.79 Å². The lowest BCUT2D eigenvalue weighted by Crippen LogP contribution is -2.41. The van der Waals surface area contributed by atoms with Gasteiger partial charge in [0.1, 0.15) is 0 Å². The Morgan fingerprint density at radius 3 is 2.32 bits per heavy atom. The molecule has 4 nitrogen and oxygen atoms in total. The number of likely N-dealkylation sites (tertiary alicyclic amines) is 1. The molecule has 2 N–H and O–H groups in total. The van der Waals surface area contributed by atoms with Gasteiger partial charge in [0, 0.05) is 31.2 Å². The van der Waals surface area contributed by atoms with Gasteiger partial charge in [-0.1, -0.05) is 48.5 Å². The van der Waals surface area contributed by atoms with Gasteiger partial charge in [-0.2, -0.15) is 0 Å². The number of nitrogens with zero attached hydrogens (tertiary/aromatic N) is 2. The molecule has 2 aliphatic rings. The Hall–Kier alpha value is -2.17. The molecule has 4 heteroatoms. The van der Waals surface area contributed by atoms with Crippen molar-refractivity contribution in [2.24, 2.45) is 11.7 Å². The number of hydrogen-bond donors (Lipinski definition) is 1. The molecule has 2 aromatic rings. The highest BCUT2D eigenvalue weighted by Gasteiger charge is 2.42. The van der Waals surface area contributed by atoms with E-state index < -0.39 is 0 Å². The second kappa shape index (κ2) is 6.98. The van der Waals surface area contributed by atoms with E-state index >= 15 is 0 Å². The summed E-state index contributed by atoms with van der Waals surface area (Å²) in [5.41, 5.74) is 8.40. The summed E-state index contributed by atoms with van der Waals surface area (Å²) in [5, 5.41) is 0. The Bertz CT molecular complexity index is 718. The summed E-state index contributed by atoms with van der Waals surface area (Å²) in [6, 6.07) is 20.6. The number of hydrogen-bond acceptors (Lipinski definition) is 3. The topological polar surface area (TPSA) is 49.6 Å². The van der Waals surface area contributed by atoms with Gasteiger partial charge in [-0.15, -0.1) is 0 Å². The largest absolute Gasteiger partial charge is 0.330 e. The van der Waals surface area contributed by atoms with E-state index in [2.05, 4.69) is 29.2 Å². The minimum absolute atomic E-state index is 0.0111. The molecule has 4 rings (SSSR count). The number of benzene rings is 2. The summed E-state index contributed by atoms with van der Waals surface area (Å²) in [7, 11) is 0. The van der Waals surface area contributed by atoms with Crippen LogP contribution in [0.1, 0.15) is 17.9 Å². The fourth-order valence-electron chi connectivity index (χ4n) is 4.34. The van der Waals surface area contributed by atoms with E-state index in [1.54, 1.807) is 0 Å². The van der Waals surface area contributed by atoms with E-state index in [9.17, 15) is 4.79 Å². The fourth-order valence-corrected chi connectivity index (χ4v) is 4.34. The number of carbonyl (C=O) groups is 1. The summed E-state index contributed by atoms with van der Waals surface area (Å²) in [6.07, 6.45) is 0.895. The maximum absolute atomic E-state index is 13.0. The second-order valence-electron chi connectivity index (χ2n) is 7.10. The molecule has 0 aliphatic carbocycles. The van der Waals surface area contributed by atoms with Crippen molar-refractivity contribution < 1.29 is 4.79 Å². The Balaban J connectivity index is 1.50. The van der Waals surface area contributed by atoms with Crippen LogP contribution in [0.15, 0.2) is 60.7 Å². The second-order valence-corrected chi connectivity index (χ2v) is 7.10. The summed E-state index contributed by atoms with van der Waals surface area (Å²) < 4.78 is 0. The van der Waals surface area contributed by atoms with Gasteiger partial charge in [0.05, 0.1) is 6.04 Å². The smallest absolute Gasteiger partial charge is 0.244 e. The Kier molecular flexibility index (Phi) is 4.55. The van der Waals surface area contributed by atoms with Crippen LogP contribution in [0.5, 0.6) is 0 Å².